The lowest BCUT2D eigenvalue weighted by atomic mass is 10.1. The standard InChI is InChI=1S/C15H17N5O/c1-20-10-6-3-2-5-9(10)17-15(20)12-13(18-19-14(12)16)11-7-4-8-21-11/h2-3,5-6,11H,4,7-8H2,1H3,(H3,16,18,19). The Morgan fingerprint density at radius 1 is 1.38 bits per heavy atom. The molecule has 1 atom stereocenters. The molecule has 4 rings (SSSR count). The Balaban J connectivity index is 1.92. The van der Waals surface area contributed by atoms with Crippen LogP contribution in [-0.2, 0) is 11.8 Å². The van der Waals surface area contributed by atoms with Crippen molar-refractivity contribution in [3.05, 3.63) is 30.0 Å². The molecular formula is C15H17N5O. The summed E-state index contributed by atoms with van der Waals surface area (Å²) >= 11 is 0. The van der Waals surface area contributed by atoms with Gasteiger partial charge in [-0.2, -0.15) is 5.10 Å². The molecule has 1 saturated heterocycles. The van der Waals surface area contributed by atoms with Crippen LogP contribution in [0.2, 0.25) is 0 Å². The number of hydrogen-bond donors (Lipinski definition) is 2. The monoisotopic (exact) mass is 283 g/mol. The molecule has 3 aromatic rings. The molecule has 3 N–H and O–H groups in total. The number of aromatic nitrogens is 4. The third-order valence-electron chi connectivity index (χ3n) is 4.08. The fourth-order valence-electron chi connectivity index (χ4n) is 3.01. The molecule has 108 valence electrons. The van der Waals surface area contributed by atoms with E-state index in [2.05, 4.69) is 14.8 Å². The van der Waals surface area contributed by atoms with Gasteiger partial charge in [-0.15, -0.1) is 0 Å². The maximum absolute atomic E-state index is 6.08. The van der Waals surface area contributed by atoms with Gasteiger partial charge in [0, 0.05) is 13.7 Å². The minimum absolute atomic E-state index is 0.0320. The molecule has 1 aromatic carbocycles. The molecule has 0 spiro atoms. The van der Waals surface area contributed by atoms with Crippen LogP contribution in [0.3, 0.4) is 0 Å². The molecule has 1 fully saturated rings. The second-order valence-corrected chi connectivity index (χ2v) is 5.38. The molecule has 0 radical (unpaired) electrons. The zero-order valence-electron chi connectivity index (χ0n) is 11.8. The van der Waals surface area contributed by atoms with Crippen molar-refractivity contribution in [3.63, 3.8) is 0 Å². The molecule has 0 aliphatic carbocycles. The van der Waals surface area contributed by atoms with Gasteiger partial charge in [0.15, 0.2) is 5.82 Å². The summed E-state index contributed by atoms with van der Waals surface area (Å²) in [6, 6.07) is 8.04. The Morgan fingerprint density at radius 3 is 3.00 bits per heavy atom. The molecule has 0 bridgehead atoms. The topological polar surface area (TPSA) is 81.8 Å². The number of nitrogens with one attached hydrogen (secondary N) is 1. The smallest absolute Gasteiger partial charge is 0.156 e. The number of nitrogen functional groups attached to an aromatic ring is 1. The van der Waals surface area contributed by atoms with E-state index in [-0.39, 0.29) is 6.10 Å². The number of anilines is 1. The summed E-state index contributed by atoms with van der Waals surface area (Å²) in [6.45, 7) is 0.783. The Bertz CT molecular complexity index is 798. The van der Waals surface area contributed by atoms with E-state index in [4.69, 9.17) is 15.5 Å². The van der Waals surface area contributed by atoms with Crippen LogP contribution in [0.25, 0.3) is 22.4 Å². The number of rotatable bonds is 2. The normalized spacial score (nSPS) is 18.6. The third kappa shape index (κ3) is 1.83. The number of nitrogens with zero attached hydrogens (tertiary/aromatic N) is 3. The van der Waals surface area contributed by atoms with Gasteiger partial charge >= 0.3 is 0 Å². The number of H-pyrrole nitrogens is 1. The van der Waals surface area contributed by atoms with E-state index in [1.54, 1.807) is 0 Å². The number of aromatic amines is 1. The van der Waals surface area contributed by atoms with Crippen LogP contribution in [0.1, 0.15) is 24.6 Å². The highest BCUT2D eigenvalue weighted by Crippen LogP contribution is 2.37. The largest absolute Gasteiger partial charge is 0.382 e. The first-order chi connectivity index (χ1) is 10.3. The SMILES string of the molecule is Cn1c(-c2c(N)n[nH]c2C2CCCO2)nc2ccccc21. The molecule has 0 saturated carbocycles. The summed E-state index contributed by atoms with van der Waals surface area (Å²) < 4.78 is 7.82. The van der Waals surface area contributed by atoms with Crippen molar-refractivity contribution >= 4 is 16.9 Å². The lowest BCUT2D eigenvalue weighted by Gasteiger charge is -2.10. The van der Waals surface area contributed by atoms with Crippen LogP contribution in [0.4, 0.5) is 5.82 Å². The molecule has 1 aliphatic rings. The van der Waals surface area contributed by atoms with Gasteiger partial charge < -0.3 is 15.0 Å². The van der Waals surface area contributed by atoms with Crippen molar-refractivity contribution in [2.45, 2.75) is 18.9 Å². The van der Waals surface area contributed by atoms with Crippen molar-refractivity contribution in [1.29, 1.82) is 0 Å². The molecule has 6 nitrogen and oxygen atoms in total. The van der Waals surface area contributed by atoms with Crippen LogP contribution >= 0.6 is 0 Å². The highest BCUT2D eigenvalue weighted by atomic mass is 16.5. The number of para-hydroxylation sites is 2. The first-order valence-corrected chi connectivity index (χ1v) is 7.13. The number of fused-ring (bicyclic) bond motifs is 1. The summed E-state index contributed by atoms with van der Waals surface area (Å²) in [6.07, 6.45) is 2.08. The molecular weight excluding hydrogens is 266 g/mol. The van der Waals surface area contributed by atoms with Crippen LogP contribution in [0.5, 0.6) is 0 Å². The fraction of sp³-hybridized carbons (Fsp3) is 0.333. The Labute approximate surface area is 121 Å². The molecule has 2 aromatic heterocycles. The van der Waals surface area contributed by atoms with Crippen molar-refractivity contribution in [3.8, 4) is 11.4 Å². The third-order valence-corrected chi connectivity index (χ3v) is 4.08. The Kier molecular flexibility index (Phi) is 2.71. The molecule has 3 heterocycles. The minimum Gasteiger partial charge on any atom is -0.382 e. The lowest BCUT2D eigenvalue weighted by molar-refractivity contribution is 0.109. The number of nitrogens with two attached hydrogens (primary N) is 1. The lowest BCUT2D eigenvalue weighted by Crippen LogP contribution is -2.02. The Morgan fingerprint density at radius 2 is 2.24 bits per heavy atom. The van der Waals surface area contributed by atoms with Gasteiger partial charge in [-0.3, -0.25) is 5.10 Å². The predicted molar refractivity (Wildman–Crippen MR) is 80.6 cm³/mol. The molecule has 21 heavy (non-hydrogen) atoms. The summed E-state index contributed by atoms with van der Waals surface area (Å²) in [5.41, 5.74) is 9.90. The van der Waals surface area contributed by atoms with Gasteiger partial charge in [-0.1, -0.05) is 12.1 Å². The first-order valence-electron chi connectivity index (χ1n) is 7.13. The van der Waals surface area contributed by atoms with Crippen molar-refractivity contribution in [1.82, 2.24) is 19.7 Å². The summed E-state index contributed by atoms with van der Waals surface area (Å²) in [5, 5.41) is 7.20. The number of imidazole rings is 1. The van der Waals surface area contributed by atoms with Gasteiger partial charge in [0.25, 0.3) is 0 Å². The molecule has 6 heteroatoms. The van der Waals surface area contributed by atoms with E-state index in [1.807, 2.05) is 31.3 Å². The van der Waals surface area contributed by atoms with Crippen LogP contribution < -0.4 is 5.73 Å². The van der Waals surface area contributed by atoms with Crippen molar-refractivity contribution in [2.24, 2.45) is 7.05 Å². The zero-order valence-corrected chi connectivity index (χ0v) is 11.8. The first kappa shape index (κ1) is 12.4. The van der Waals surface area contributed by atoms with Crippen molar-refractivity contribution < 1.29 is 4.74 Å². The van der Waals surface area contributed by atoms with Gasteiger partial charge in [-0.25, -0.2) is 4.98 Å². The van der Waals surface area contributed by atoms with Gasteiger partial charge in [-0.05, 0) is 25.0 Å². The number of benzene rings is 1. The maximum atomic E-state index is 6.08. The number of hydrogen-bond acceptors (Lipinski definition) is 4. The summed E-state index contributed by atoms with van der Waals surface area (Å²) in [5.74, 6) is 1.30. The van der Waals surface area contributed by atoms with Crippen LogP contribution in [0.15, 0.2) is 24.3 Å². The summed E-state index contributed by atoms with van der Waals surface area (Å²) in [7, 11) is 2.00. The van der Waals surface area contributed by atoms with E-state index in [1.165, 1.54) is 0 Å². The maximum Gasteiger partial charge on any atom is 0.156 e. The highest BCUT2D eigenvalue weighted by Gasteiger charge is 2.27. The molecule has 0 amide bonds. The van der Waals surface area contributed by atoms with Crippen LogP contribution in [-0.4, -0.2) is 26.4 Å². The van der Waals surface area contributed by atoms with Crippen molar-refractivity contribution in [2.75, 3.05) is 12.3 Å². The minimum atomic E-state index is 0.0320. The second kappa shape index (κ2) is 4.60. The van der Waals surface area contributed by atoms with E-state index in [0.717, 1.165) is 47.6 Å². The van der Waals surface area contributed by atoms with Crippen LogP contribution in [0, 0.1) is 0 Å². The quantitative estimate of drug-likeness (QED) is 0.756. The van der Waals surface area contributed by atoms with E-state index in [0.29, 0.717) is 5.82 Å². The van der Waals surface area contributed by atoms with Gasteiger partial charge in [0.2, 0.25) is 0 Å². The predicted octanol–water partition coefficient (Wildman–Crippen LogP) is 2.40. The summed E-state index contributed by atoms with van der Waals surface area (Å²) in [4.78, 5) is 4.72. The van der Waals surface area contributed by atoms with Gasteiger partial charge in [0.05, 0.1) is 28.4 Å². The number of ether oxygens (including phenoxy) is 1. The fourth-order valence-corrected chi connectivity index (χ4v) is 3.01. The van der Waals surface area contributed by atoms with Gasteiger partial charge in [0.1, 0.15) is 5.82 Å². The second-order valence-electron chi connectivity index (χ2n) is 5.38. The zero-order chi connectivity index (χ0) is 14.4. The average Bonchev–Trinajstić information content (AvgIpc) is 3.19. The molecule has 1 unspecified atom stereocenters. The number of aryl methyl sites for hydroxylation is 1. The highest BCUT2D eigenvalue weighted by molar-refractivity contribution is 5.83. The van der Waals surface area contributed by atoms with E-state index in [9.17, 15) is 0 Å². The molecule has 1 aliphatic heterocycles. The average molecular weight is 283 g/mol. The van der Waals surface area contributed by atoms with E-state index >= 15 is 0 Å². The van der Waals surface area contributed by atoms with E-state index < -0.39 is 0 Å². The Hall–Kier alpha value is -2.34.